The minimum atomic E-state index is 0.572. The lowest BCUT2D eigenvalue weighted by molar-refractivity contribution is 0.202. The van der Waals surface area contributed by atoms with Crippen molar-refractivity contribution in [3.8, 4) is 0 Å². The molecule has 2 rings (SSSR count). The second kappa shape index (κ2) is 7.04. The van der Waals surface area contributed by atoms with Crippen LogP contribution in [0.5, 0.6) is 0 Å². The Bertz CT molecular complexity index is 366. The molecule has 0 bridgehead atoms. The molecular formula is C13H21ClN4. The van der Waals surface area contributed by atoms with Gasteiger partial charge in [0, 0.05) is 52.0 Å². The zero-order valence-electron chi connectivity index (χ0n) is 10.9. The molecule has 0 aromatic carbocycles. The van der Waals surface area contributed by atoms with Gasteiger partial charge < -0.3 is 10.2 Å². The summed E-state index contributed by atoms with van der Waals surface area (Å²) in [4.78, 5) is 8.83. The lowest BCUT2D eigenvalue weighted by atomic mass is 10.2. The van der Waals surface area contributed by atoms with Crippen LogP contribution in [0.3, 0.4) is 0 Å². The largest absolute Gasteiger partial charge is 0.314 e. The van der Waals surface area contributed by atoms with E-state index in [0.29, 0.717) is 5.15 Å². The van der Waals surface area contributed by atoms with Gasteiger partial charge in [0.25, 0.3) is 0 Å². The van der Waals surface area contributed by atoms with E-state index < -0.39 is 0 Å². The van der Waals surface area contributed by atoms with Crippen LogP contribution in [0.2, 0.25) is 5.15 Å². The van der Waals surface area contributed by atoms with Gasteiger partial charge in [0.05, 0.1) is 0 Å². The molecule has 4 nitrogen and oxygen atoms in total. The highest BCUT2D eigenvalue weighted by molar-refractivity contribution is 6.29. The van der Waals surface area contributed by atoms with Crippen molar-refractivity contribution in [3.63, 3.8) is 0 Å². The summed E-state index contributed by atoms with van der Waals surface area (Å²) in [5.41, 5.74) is 1.22. The number of rotatable bonds is 5. The minimum absolute atomic E-state index is 0.572. The van der Waals surface area contributed by atoms with Crippen LogP contribution in [0, 0.1) is 0 Å². The number of piperazine rings is 1. The molecule has 1 saturated heterocycles. The number of pyridine rings is 1. The first kappa shape index (κ1) is 13.7. The normalized spacial score (nSPS) is 17.3. The van der Waals surface area contributed by atoms with Crippen molar-refractivity contribution in [1.82, 2.24) is 20.1 Å². The van der Waals surface area contributed by atoms with Crippen molar-refractivity contribution in [2.75, 3.05) is 46.3 Å². The molecule has 0 saturated carbocycles. The number of nitrogens with zero attached hydrogens (tertiary/aromatic N) is 3. The zero-order chi connectivity index (χ0) is 12.8. The molecule has 0 radical (unpaired) electrons. The molecule has 18 heavy (non-hydrogen) atoms. The van der Waals surface area contributed by atoms with Gasteiger partial charge in [-0.2, -0.15) is 0 Å². The Hall–Kier alpha value is -0.680. The molecule has 2 heterocycles. The minimum Gasteiger partial charge on any atom is -0.314 e. The van der Waals surface area contributed by atoms with Crippen LogP contribution in [0.25, 0.3) is 0 Å². The fourth-order valence-electron chi connectivity index (χ4n) is 2.18. The molecule has 1 N–H and O–H groups in total. The molecule has 1 aromatic heterocycles. The van der Waals surface area contributed by atoms with Gasteiger partial charge in [-0.15, -0.1) is 0 Å². The van der Waals surface area contributed by atoms with Crippen LogP contribution < -0.4 is 5.32 Å². The molecule has 0 unspecified atom stereocenters. The van der Waals surface area contributed by atoms with Gasteiger partial charge in [-0.25, -0.2) is 4.98 Å². The van der Waals surface area contributed by atoms with Gasteiger partial charge in [0.1, 0.15) is 5.15 Å². The molecule has 1 fully saturated rings. The first-order valence-electron chi connectivity index (χ1n) is 6.46. The van der Waals surface area contributed by atoms with Crippen LogP contribution in [0.1, 0.15) is 5.56 Å². The maximum absolute atomic E-state index is 5.88. The highest BCUT2D eigenvalue weighted by Gasteiger charge is 2.10. The molecule has 100 valence electrons. The second-order valence-corrected chi connectivity index (χ2v) is 5.20. The summed E-state index contributed by atoms with van der Waals surface area (Å²) in [5, 5.41) is 3.94. The SMILES string of the molecule is CN(CCN1CCNCC1)Cc1ccnc(Cl)c1. The first-order chi connectivity index (χ1) is 8.74. The van der Waals surface area contributed by atoms with E-state index >= 15 is 0 Å². The van der Waals surface area contributed by atoms with E-state index in [-0.39, 0.29) is 0 Å². The third-order valence-electron chi connectivity index (χ3n) is 3.25. The van der Waals surface area contributed by atoms with E-state index in [9.17, 15) is 0 Å². The van der Waals surface area contributed by atoms with Gasteiger partial charge in [-0.3, -0.25) is 4.90 Å². The fourth-order valence-corrected chi connectivity index (χ4v) is 2.38. The second-order valence-electron chi connectivity index (χ2n) is 4.82. The van der Waals surface area contributed by atoms with Gasteiger partial charge in [-0.05, 0) is 24.7 Å². The summed E-state index contributed by atoms with van der Waals surface area (Å²) in [6, 6.07) is 3.95. The van der Waals surface area contributed by atoms with E-state index in [1.807, 2.05) is 12.1 Å². The van der Waals surface area contributed by atoms with Gasteiger partial charge in [-0.1, -0.05) is 11.6 Å². The Morgan fingerprint density at radius 2 is 2.22 bits per heavy atom. The van der Waals surface area contributed by atoms with Crippen molar-refractivity contribution in [2.24, 2.45) is 0 Å². The Morgan fingerprint density at radius 1 is 1.44 bits per heavy atom. The van der Waals surface area contributed by atoms with E-state index in [1.54, 1.807) is 6.20 Å². The van der Waals surface area contributed by atoms with Crippen molar-refractivity contribution >= 4 is 11.6 Å². The molecule has 0 aliphatic carbocycles. The lowest BCUT2D eigenvalue weighted by Crippen LogP contribution is -2.45. The monoisotopic (exact) mass is 268 g/mol. The number of nitrogens with one attached hydrogen (secondary N) is 1. The molecule has 1 aromatic rings. The van der Waals surface area contributed by atoms with Gasteiger partial charge in [0.2, 0.25) is 0 Å². The highest BCUT2D eigenvalue weighted by Crippen LogP contribution is 2.08. The molecule has 1 aliphatic rings. The Kier molecular flexibility index (Phi) is 5.38. The number of likely N-dealkylation sites (N-methyl/N-ethyl adjacent to an activating group) is 1. The van der Waals surface area contributed by atoms with E-state index in [2.05, 4.69) is 27.1 Å². The van der Waals surface area contributed by atoms with Gasteiger partial charge >= 0.3 is 0 Å². The maximum Gasteiger partial charge on any atom is 0.129 e. The smallest absolute Gasteiger partial charge is 0.129 e. The van der Waals surface area contributed by atoms with Crippen molar-refractivity contribution < 1.29 is 0 Å². The third-order valence-corrected chi connectivity index (χ3v) is 3.46. The predicted octanol–water partition coefficient (Wildman–Crippen LogP) is 1.07. The van der Waals surface area contributed by atoms with Crippen LogP contribution in [0.15, 0.2) is 18.3 Å². The lowest BCUT2D eigenvalue weighted by Gasteiger charge is -2.29. The van der Waals surface area contributed by atoms with Gasteiger partial charge in [0.15, 0.2) is 0 Å². The third kappa shape index (κ3) is 4.53. The van der Waals surface area contributed by atoms with Crippen LogP contribution in [0.4, 0.5) is 0 Å². The van der Waals surface area contributed by atoms with E-state index in [0.717, 1.165) is 45.8 Å². The number of aromatic nitrogens is 1. The van der Waals surface area contributed by atoms with Crippen LogP contribution in [-0.4, -0.2) is 61.1 Å². The average Bonchev–Trinajstić information content (AvgIpc) is 2.38. The molecule has 0 atom stereocenters. The molecular weight excluding hydrogens is 248 g/mol. The van der Waals surface area contributed by atoms with Crippen molar-refractivity contribution in [1.29, 1.82) is 0 Å². The predicted molar refractivity (Wildman–Crippen MR) is 74.9 cm³/mol. The van der Waals surface area contributed by atoms with E-state index in [4.69, 9.17) is 11.6 Å². The topological polar surface area (TPSA) is 31.4 Å². The van der Waals surface area contributed by atoms with E-state index in [1.165, 1.54) is 5.56 Å². The molecule has 0 spiro atoms. The maximum atomic E-state index is 5.88. The number of halogens is 1. The molecule has 1 aliphatic heterocycles. The fraction of sp³-hybridized carbons (Fsp3) is 0.615. The number of hydrogen-bond donors (Lipinski definition) is 1. The average molecular weight is 269 g/mol. The van der Waals surface area contributed by atoms with Crippen LogP contribution in [-0.2, 0) is 6.54 Å². The van der Waals surface area contributed by atoms with Crippen molar-refractivity contribution in [2.45, 2.75) is 6.54 Å². The molecule has 0 amide bonds. The summed E-state index contributed by atoms with van der Waals surface area (Å²) in [6.07, 6.45) is 1.77. The summed E-state index contributed by atoms with van der Waals surface area (Å²) in [6.45, 7) is 7.70. The summed E-state index contributed by atoms with van der Waals surface area (Å²) in [5.74, 6) is 0. The summed E-state index contributed by atoms with van der Waals surface area (Å²) in [7, 11) is 2.15. The Balaban J connectivity index is 1.72. The summed E-state index contributed by atoms with van der Waals surface area (Å²) < 4.78 is 0. The Morgan fingerprint density at radius 3 is 2.94 bits per heavy atom. The van der Waals surface area contributed by atoms with Crippen molar-refractivity contribution in [3.05, 3.63) is 29.0 Å². The summed E-state index contributed by atoms with van der Waals surface area (Å²) >= 11 is 5.88. The zero-order valence-corrected chi connectivity index (χ0v) is 11.7. The Labute approximate surface area is 114 Å². The standard InChI is InChI=1S/C13H21ClN4/c1-17(8-9-18-6-4-15-5-7-18)11-12-2-3-16-13(14)10-12/h2-3,10,15H,4-9,11H2,1H3. The molecule has 5 heteroatoms. The van der Waals surface area contributed by atoms with Crippen LogP contribution >= 0.6 is 11.6 Å². The highest BCUT2D eigenvalue weighted by atomic mass is 35.5. The quantitative estimate of drug-likeness (QED) is 0.810. The number of hydrogen-bond acceptors (Lipinski definition) is 4. The first-order valence-corrected chi connectivity index (χ1v) is 6.84.